The minimum Gasteiger partial charge on any atom is -0.492 e. The van der Waals surface area contributed by atoms with Gasteiger partial charge in [-0.3, -0.25) is 4.90 Å². The lowest BCUT2D eigenvalue weighted by molar-refractivity contribution is -0.0699. The molecule has 0 aliphatic carbocycles. The number of ether oxygens (including phenoxy) is 2. The Hall–Kier alpha value is -3.36. The molecule has 5 rings (SSSR count). The average Bonchev–Trinajstić information content (AvgIpc) is 3.25. The van der Waals surface area contributed by atoms with Gasteiger partial charge in [-0.15, -0.1) is 0 Å². The van der Waals surface area contributed by atoms with Gasteiger partial charge in [-0.05, 0) is 50.2 Å². The zero-order chi connectivity index (χ0) is 22.1. The molecule has 8 nitrogen and oxygen atoms in total. The molecule has 4 aromatic rings. The van der Waals surface area contributed by atoms with Gasteiger partial charge in [-0.25, -0.2) is 4.98 Å². The van der Waals surface area contributed by atoms with Gasteiger partial charge in [0, 0.05) is 37.4 Å². The lowest BCUT2D eigenvalue weighted by Gasteiger charge is -2.35. The Kier molecular flexibility index (Phi) is 5.55. The first-order valence-corrected chi connectivity index (χ1v) is 10.8. The van der Waals surface area contributed by atoms with Crippen LogP contribution in [0.1, 0.15) is 13.8 Å². The molecule has 2 atom stereocenters. The summed E-state index contributed by atoms with van der Waals surface area (Å²) in [6.45, 7) is 7.39. The van der Waals surface area contributed by atoms with Crippen molar-refractivity contribution in [3.05, 3.63) is 60.3 Å². The number of morpholine rings is 1. The minimum atomic E-state index is 0.233. The molecule has 0 radical (unpaired) electrons. The van der Waals surface area contributed by atoms with E-state index in [1.807, 2.05) is 47.0 Å². The summed E-state index contributed by atoms with van der Waals surface area (Å²) in [5.41, 5.74) is 2.26. The molecule has 32 heavy (non-hydrogen) atoms. The molecule has 0 amide bonds. The monoisotopic (exact) mass is 434 g/mol. The van der Waals surface area contributed by atoms with Crippen LogP contribution in [0.15, 0.2) is 64.6 Å². The van der Waals surface area contributed by atoms with Crippen molar-refractivity contribution in [1.82, 2.24) is 14.3 Å². The molecule has 4 heterocycles. The molecule has 0 unspecified atom stereocenters. The van der Waals surface area contributed by atoms with Gasteiger partial charge in [0.2, 0.25) is 0 Å². The average molecular weight is 434 g/mol. The van der Waals surface area contributed by atoms with Crippen LogP contribution < -0.4 is 10.1 Å². The van der Waals surface area contributed by atoms with E-state index in [1.54, 1.807) is 12.4 Å². The summed E-state index contributed by atoms with van der Waals surface area (Å²) in [4.78, 5) is 6.80. The number of aromatic nitrogens is 2. The van der Waals surface area contributed by atoms with Crippen molar-refractivity contribution in [2.24, 2.45) is 5.16 Å². The number of rotatable bonds is 5. The Morgan fingerprint density at radius 1 is 1.16 bits per heavy atom. The highest BCUT2D eigenvalue weighted by atomic mass is 16.5. The van der Waals surface area contributed by atoms with Gasteiger partial charge in [0.15, 0.2) is 5.76 Å². The fraction of sp³-hybridized carbons (Fsp3) is 0.333. The van der Waals surface area contributed by atoms with Gasteiger partial charge in [0.25, 0.3) is 0 Å². The van der Waals surface area contributed by atoms with Crippen LogP contribution in [0.25, 0.3) is 27.9 Å². The second-order valence-corrected chi connectivity index (χ2v) is 8.23. The van der Waals surface area contributed by atoms with Gasteiger partial charge in [0.1, 0.15) is 29.0 Å². The van der Waals surface area contributed by atoms with Crippen LogP contribution in [0.5, 0.6) is 5.75 Å². The third kappa shape index (κ3) is 4.19. The highest BCUT2D eigenvalue weighted by molar-refractivity contribution is 5.80. The van der Waals surface area contributed by atoms with Crippen LogP contribution in [-0.2, 0) is 4.74 Å². The van der Waals surface area contributed by atoms with Gasteiger partial charge in [0.05, 0.1) is 23.9 Å². The summed E-state index contributed by atoms with van der Waals surface area (Å²) in [5, 5.41) is 14.2. The molecule has 0 bridgehead atoms. The fourth-order valence-corrected chi connectivity index (χ4v) is 4.28. The van der Waals surface area contributed by atoms with Crippen LogP contribution in [0.3, 0.4) is 0 Å². The molecule has 1 aliphatic heterocycles. The summed E-state index contributed by atoms with van der Waals surface area (Å²) < 4.78 is 19.8. The molecule has 1 aliphatic rings. The number of benzene rings is 1. The van der Waals surface area contributed by atoms with E-state index in [1.165, 1.54) is 0 Å². The largest absolute Gasteiger partial charge is 0.492 e. The zero-order valence-electron chi connectivity index (χ0n) is 18.1. The number of hydrogen-bond acceptors (Lipinski definition) is 7. The van der Waals surface area contributed by atoms with Gasteiger partial charge in [-0.1, -0.05) is 5.16 Å². The molecule has 1 saturated heterocycles. The van der Waals surface area contributed by atoms with Crippen molar-refractivity contribution < 1.29 is 19.1 Å². The van der Waals surface area contributed by atoms with E-state index in [4.69, 9.17) is 13.9 Å². The van der Waals surface area contributed by atoms with E-state index in [-0.39, 0.29) is 12.2 Å². The molecular formula is C24H26N4O4. The van der Waals surface area contributed by atoms with Crippen LogP contribution in [0, 0.1) is 0 Å². The molecule has 1 fully saturated rings. The Morgan fingerprint density at radius 2 is 2.00 bits per heavy atom. The fourth-order valence-electron chi connectivity index (χ4n) is 4.28. The maximum atomic E-state index is 9.63. The third-order valence-corrected chi connectivity index (χ3v) is 5.66. The summed E-state index contributed by atoms with van der Waals surface area (Å²) in [5.74, 6) is 1.23. The molecule has 1 N–H and O–H groups in total. The van der Waals surface area contributed by atoms with Crippen molar-refractivity contribution in [1.29, 1.82) is 0 Å². The first-order chi connectivity index (χ1) is 15.6. The predicted octanol–water partition coefficient (Wildman–Crippen LogP) is 3.53. The smallest absolute Gasteiger partial charge is 0.155 e. The van der Waals surface area contributed by atoms with Crippen molar-refractivity contribution in [3.63, 3.8) is 0 Å². The maximum absolute atomic E-state index is 9.63. The van der Waals surface area contributed by atoms with Gasteiger partial charge < -0.3 is 23.5 Å². The molecule has 3 aromatic heterocycles. The van der Waals surface area contributed by atoms with Gasteiger partial charge >= 0.3 is 0 Å². The number of nitrogens with zero attached hydrogens (tertiary/aromatic N) is 4. The van der Waals surface area contributed by atoms with Crippen LogP contribution in [0.4, 0.5) is 0 Å². The van der Waals surface area contributed by atoms with Crippen molar-refractivity contribution in [2.75, 3.05) is 26.2 Å². The van der Waals surface area contributed by atoms with E-state index in [9.17, 15) is 5.21 Å². The van der Waals surface area contributed by atoms with E-state index < -0.39 is 0 Å². The molecule has 8 heteroatoms. The standard InChI is InChI=1S/C24H26N4O4/c1-16-13-27(14-17(2)31-16)8-9-30-19-5-6-23-20(11-19)21(26-29)12-24(32-23)22-10-18-4-3-7-28(18)15-25-22/h3-7,10-12,15-17,29H,8-9,13-14H2,1-2H3/b26-21+/t16-,17+. The highest BCUT2D eigenvalue weighted by Gasteiger charge is 2.21. The Balaban J connectivity index is 1.36. The lowest BCUT2D eigenvalue weighted by atomic mass is 10.2. The Morgan fingerprint density at radius 3 is 2.81 bits per heavy atom. The minimum absolute atomic E-state index is 0.233. The normalized spacial score (nSPS) is 20.2. The first kappa shape index (κ1) is 20.5. The van der Waals surface area contributed by atoms with Crippen molar-refractivity contribution in [3.8, 4) is 17.2 Å². The molecule has 0 saturated carbocycles. The van der Waals surface area contributed by atoms with Gasteiger partial charge in [-0.2, -0.15) is 0 Å². The van der Waals surface area contributed by atoms with E-state index in [0.29, 0.717) is 40.1 Å². The van der Waals surface area contributed by atoms with Crippen LogP contribution in [-0.4, -0.2) is 57.9 Å². The van der Waals surface area contributed by atoms with E-state index in [0.717, 1.165) is 25.2 Å². The molecule has 166 valence electrons. The van der Waals surface area contributed by atoms with Crippen molar-refractivity contribution >= 4 is 16.5 Å². The highest BCUT2D eigenvalue weighted by Crippen LogP contribution is 2.24. The molecule has 1 aromatic carbocycles. The second kappa shape index (κ2) is 8.64. The summed E-state index contributed by atoms with van der Waals surface area (Å²) in [6, 6.07) is 13.1. The lowest BCUT2D eigenvalue weighted by Crippen LogP contribution is -2.46. The summed E-state index contributed by atoms with van der Waals surface area (Å²) in [6.07, 6.45) is 4.13. The maximum Gasteiger partial charge on any atom is 0.155 e. The molecular weight excluding hydrogens is 408 g/mol. The Bertz CT molecular complexity index is 1300. The SMILES string of the molecule is C[C@@H]1CN(CCOc2ccc3oc(-c4cc5cccn5cn4)c/c(=N\O)c3c2)C[C@H](C)O1. The Labute approximate surface area is 185 Å². The van der Waals surface area contributed by atoms with Crippen LogP contribution in [0.2, 0.25) is 0 Å². The topological polar surface area (TPSA) is 84.7 Å². The summed E-state index contributed by atoms with van der Waals surface area (Å²) in [7, 11) is 0. The van der Waals surface area contributed by atoms with Crippen LogP contribution >= 0.6 is 0 Å². The van der Waals surface area contributed by atoms with E-state index in [2.05, 4.69) is 28.9 Å². The predicted molar refractivity (Wildman–Crippen MR) is 120 cm³/mol. The quantitative estimate of drug-likeness (QED) is 0.382. The number of fused-ring (bicyclic) bond motifs is 2. The first-order valence-electron chi connectivity index (χ1n) is 10.8. The summed E-state index contributed by atoms with van der Waals surface area (Å²) >= 11 is 0. The third-order valence-electron chi connectivity index (χ3n) is 5.66. The van der Waals surface area contributed by atoms with Crippen molar-refractivity contribution in [2.45, 2.75) is 26.1 Å². The molecule has 0 spiro atoms. The zero-order valence-corrected chi connectivity index (χ0v) is 18.1. The van der Waals surface area contributed by atoms with E-state index >= 15 is 0 Å². The number of hydrogen-bond donors (Lipinski definition) is 1. The second-order valence-electron chi connectivity index (χ2n) is 8.23.